The first-order valence-corrected chi connectivity index (χ1v) is 5.23. The molecule has 1 nitrogen and oxygen atoms in total. The normalized spacial score (nSPS) is 12.1. The van der Waals surface area contributed by atoms with Gasteiger partial charge in [-0.05, 0) is 38.6 Å². The Labute approximate surface area is 77.0 Å². The number of nitrogens with two attached hydrogens (primary N) is 1. The maximum atomic E-state index is 5.44. The third-order valence-electron chi connectivity index (χ3n) is 2.02. The SMILES string of the molecule is CCC=C(CCC)CCCCN. The van der Waals surface area contributed by atoms with Gasteiger partial charge < -0.3 is 5.73 Å². The largest absolute Gasteiger partial charge is 0.330 e. The van der Waals surface area contributed by atoms with Gasteiger partial charge in [0.25, 0.3) is 0 Å². The van der Waals surface area contributed by atoms with Crippen molar-refractivity contribution in [1.29, 1.82) is 0 Å². The number of hydrogen-bond acceptors (Lipinski definition) is 1. The molecular formula is C11H23N. The summed E-state index contributed by atoms with van der Waals surface area (Å²) in [6.45, 7) is 5.29. The van der Waals surface area contributed by atoms with Crippen molar-refractivity contribution in [3.8, 4) is 0 Å². The molecular weight excluding hydrogens is 146 g/mol. The van der Waals surface area contributed by atoms with Crippen molar-refractivity contribution in [3.05, 3.63) is 11.6 Å². The minimum absolute atomic E-state index is 0.839. The van der Waals surface area contributed by atoms with Crippen LogP contribution in [0.1, 0.15) is 52.4 Å². The smallest absolute Gasteiger partial charge is 0.00772 e. The van der Waals surface area contributed by atoms with E-state index >= 15 is 0 Å². The van der Waals surface area contributed by atoms with Crippen molar-refractivity contribution in [3.63, 3.8) is 0 Å². The molecule has 0 rings (SSSR count). The predicted octanol–water partition coefficient (Wildman–Crippen LogP) is 3.25. The van der Waals surface area contributed by atoms with Crippen LogP contribution in [0, 0.1) is 0 Å². The topological polar surface area (TPSA) is 26.0 Å². The average molecular weight is 169 g/mol. The molecule has 0 aliphatic carbocycles. The fourth-order valence-electron chi connectivity index (χ4n) is 1.44. The summed E-state index contributed by atoms with van der Waals surface area (Å²) in [5, 5.41) is 0. The van der Waals surface area contributed by atoms with Crippen molar-refractivity contribution in [2.75, 3.05) is 6.54 Å². The molecule has 0 amide bonds. The van der Waals surface area contributed by atoms with Crippen LogP contribution >= 0.6 is 0 Å². The lowest BCUT2D eigenvalue weighted by molar-refractivity contribution is 0.708. The molecule has 0 bridgehead atoms. The van der Waals surface area contributed by atoms with E-state index < -0.39 is 0 Å². The minimum atomic E-state index is 0.839. The summed E-state index contributed by atoms with van der Waals surface area (Å²) in [6, 6.07) is 0. The van der Waals surface area contributed by atoms with E-state index in [0.29, 0.717) is 0 Å². The zero-order chi connectivity index (χ0) is 9.23. The van der Waals surface area contributed by atoms with Gasteiger partial charge in [0.2, 0.25) is 0 Å². The van der Waals surface area contributed by atoms with E-state index in [-0.39, 0.29) is 0 Å². The molecule has 0 spiro atoms. The number of allylic oxidation sites excluding steroid dienone is 2. The highest BCUT2D eigenvalue weighted by atomic mass is 14.5. The van der Waals surface area contributed by atoms with Gasteiger partial charge in [0.1, 0.15) is 0 Å². The Morgan fingerprint density at radius 3 is 2.42 bits per heavy atom. The van der Waals surface area contributed by atoms with Gasteiger partial charge in [-0.1, -0.05) is 31.9 Å². The molecule has 0 saturated heterocycles. The van der Waals surface area contributed by atoms with E-state index in [9.17, 15) is 0 Å². The van der Waals surface area contributed by atoms with E-state index in [0.717, 1.165) is 6.54 Å². The van der Waals surface area contributed by atoms with Crippen LogP contribution in [0.4, 0.5) is 0 Å². The molecule has 0 aromatic rings. The molecule has 0 atom stereocenters. The second-order valence-corrected chi connectivity index (χ2v) is 3.27. The Balaban J connectivity index is 3.56. The highest BCUT2D eigenvalue weighted by Crippen LogP contribution is 2.13. The third-order valence-corrected chi connectivity index (χ3v) is 2.02. The van der Waals surface area contributed by atoms with Crippen LogP contribution in [0.15, 0.2) is 11.6 Å². The lowest BCUT2D eigenvalue weighted by atomic mass is 10.0. The lowest BCUT2D eigenvalue weighted by Gasteiger charge is -2.04. The fraction of sp³-hybridized carbons (Fsp3) is 0.818. The first-order valence-electron chi connectivity index (χ1n) is 5.23. The quantitative estimate of drug-likeness (QED) is 0.459. The fourth-order valence-corrected chi connectivity index (χ4v) is 1.44. The van der Waals surface area contributed by atoms with Crippen molar-refractivity contribution < 1.29 is 0 Å². The summed E-state index contributed by atoms with van der Waals surface area (Å²) in [7, 11) is 0. The molecule has 0 aliphatic heterocycles. The molecule has 12 heavy (non-hydrogen) atoms. The first-order chi connectivity index (χ1) is 5.85. The van der Waals surface area contributed by atoms with E-state index in [1.165, 1.54) is 38.5 Å². The Hall–Kier alpha value is -0.300. The van der Waals surface area contributed by atoms with Crippen LogP contribution in [-0.2, 0) is 0 Å². The van der Waals surface area contributed by atoms with Crippen LogP contribution in [0.3, 0.4) is 0 Å². The molecule has 0 heterocycles. The van der Waals surface area contributed by atoms with E-state index in [4.69, 9.17) is 5.73 Å². The second kappa shape index (κ2) is 8.79. The summed E-state index contributed by atoms with van der Waals surface area (Å²) in [5.41, 5.74) is 7.08. The Bertz CT molecular complexity index is 116. The number of hydrogen-bond donors (Lipinski definition) is 1. The summed E-state index contributed by atoms with van der Waals surface area (Å²) >= 11 is 0. The standard InChI is InChI=1S/C11H23N/c1-3-7-11(8-4-2)9-5-6-10-12/h7H,3-6,8-10,12H2,1-2H3. The van der Waals surface area contributed by atoms with Crippen LogP contribution in [0.25, 0.3) is 0 Å². The van der Waals surface area contributed by atoms with E-state index in [1.807, 2.05) is 0 Å². The van der Waals surface area contributed by atoms with Crippen molar-refractivity contribution >= 4 is 0 Å². The molecule has 0 radical (unpaired) electrons. The number of rotatable bonds is 7. The molecule has 0 aromatic carbocycles. The summed E-state index contributed by atoms with van der Waals surface area (Å²) < 4.78 is 0. The molecule has 0 aliphatic rings. The molecule has 0 aromatic heterocycles. The number of unbranched alkanes of at least 4 members (excludes halogenated alkanes) is 1. The van der Waals surface area contributed by atoms with Gasteiger partial charge in [0.15, 0.2) is 0 Å². The van der Waals surface area contributed by atoms with Crippen molar-refractivity contribution in [2.45, 2.75) is 52.4 Å². The van der Waals surface area contributed by atoms with Gasteiger partial charge in [-0.2, -0.15) is 0 Å². The molecule has 1 heteroatoms. The summed E-state index contributed by atoms with van der Waals surface area (Å²) in [6.07, 6.45) is 9.80. The molecule has 0 fully saturated rings. The van der Waals surface area contributed by atoms with Crippen molar-refractivity contribution in [2.24, 2.45) is 5.73 Å². The van der Waals surface area contributed by atoms with Gasteiger partial charge in [0, 0.05) is 0 Å². The zero-order valence-corrected chi connectivity index (χ0v) is 8.60. The highest BCUT2D eigenvalue weighted by Gasteiger charge is 1.94. The first kappa shape index (κ1) is 11.7. The highest BCUT2D eigenvalue weighted by molar-refractivity contribution is 5.01. The van der Waals surface area contributed by atoms with Gasteiger partial charge in [-0.25, -0.2) is 0 Å². The summed E-state index contributed by atoms with van der Waals surface area (Å²) in [5.74, 6) is 0. The lowest BCUT2D eigenvalue weighted by Crippen LogP contribution is -1.98. The Kier molecular flexibility index (Phi) is 8.57. The summed E-state index contributed by atoms with van der Waals surface area (Å²) in [4.78, 5) is 0. The van der Waals surface area contributed by atoms with Crippen molar-refractivity contribution in [1.82, 2.24) is 0 Å². The van der Waals surface area contributed by atoms with E-state index in [1.54, 1.807) is 5.57 Å². The zero-order valence-electron chi connectivity index (χ0n) is 8.60. The predicted molar refractivity (Wildman–Crippen MR) is 56.2 cm³/mol. The Morgan fingerprint density at radius 2 is 1.92 bits per heavy atom. The van der Waals surface area contributed by atoms with Crippen LogP contribution in [0.2, 0.25) is 0 Å². The molecule has 2 N–H and O–H groups in total. The molecule has 0 unspecified atom stereocenters. The molecule has 0 saturated carbocycles. The van der Waals surface area contributed by atoms with Crippen LogP contribution in [-0.4, -0.2) is 6.54 Å². The Morgan fingerprint density at radius 1 is 1.17 bits per heavy atom. The minimum Gasteiger partial charge on any atom is -0.330 e. The van der Waals surface area contributed by atoms with Gasteiger partial charge in [0.05, 0.1) is 0 Å². The van der Waals surface area contributed by atoms with Gasteiger partial charge in [-0.3, -0.25) is 0 Å². The maximum Gasteiger partial charge on any atom is -0.00772 e. The van der Waals surface area contributed by atoms with Crippen LogP contribution in [0.5, 0.6) is 0 Å². The van der Waals surface area contributed by atoms with Gasteiger partial charge >= 0.3 is 0 Å². The van der Waals surface area contributed by atoms with Crippen LogP contribution < -0.4 is 5.73 Å². The molecule has 72 valence electrons. The maximum absolute atomic E-state index is 5.44. The average Bonchev–Trinajstić information content (AvgIpc) is 2.06. The third kappa shape index (κ3) is 6.41. The second-order valence-electron chi connectivity index (χ2n) is 3.27. The van der Waals surface area contributed by atoms with Gasteiger partial charge in [-0.15, -0.1) is 0 Å². The van der Waals surface area contributed by atoms with E-state index in [2.05, 4.69) is 19.9 Å². The monoisotopic (exact) mass is 169 g/mol.